The first-order valence-electron chi connectivity index (χ1n) is 10.4. The molecule has 1 unspecified atom stereocenters. The lowest BCUT2D eigenvalue weighted by Gasteiger charge is -2.53. The molecule has 148 valence electrons. The number of hydrogen-bond acceptors (Lipinski definition) is 3. The number of ether oxygens (including phenoxy) is 1. The molecule has 2 fully saturated rings. The van der Waals surface area contributed by atoms with Gasteiger partial charge < -0.3 is 4.74 Å². The van der Waals surface area contributed by atoms with Crippen LogP contribution in [0.25, 0.3) is 0 Å². The van der Waals surface area contributed by atoms with Crippen LogP contribution >= 0.6 is 15.9 Å². The molecule has 5 rings (SSSR count). The van der Waals surface area contributed by atoms with Gasteiger partial charge in [-0.3, -0.25) is 15.1 Å². The molecule has 1 aromatic carbocycles. The number of hydrogen-bond donors (Lipinski definition) is 1. The van der Waals surface area contributed by atoms with Gasteiger partial charge in [0.25, 0.3) is 0 Å². The molecule has 3 aliphatic carbocycles. The van der Waals surface area contributed by atoms with E-state index in [2.05, 4.69) is 41.1 Å². The molecule has 0 radical (unpaired) electrons. The third-order valence-corrected chi connectivity index (χ3v) is 8.17. The maximum Gasteiger partial charge on any atom is 0.243 e. The van der Waals surface area contributed by atoms with Crippen molar-refractivity contribution in [1.82, 2.24) is 4.90 Å². The van der Waals surface area contributed by atoms with Gasteiger partial charge in [-0.2, -0.15) is 0 Å². The van der Waals surface area contributed by atoms with Gasteiger partial charge in [0.15, 0.2) is 0 Å². The standard InChI is InChI=1S/C23H27BrN2O2/c1-14-11-20(25)26(17-5-6-17)21(27)23(14)19-12-16(24)4-3-15(19)13-22(23)9-7-18(28-2)8-10-22/h3-4,11-12,17-18,25H,5-10,13H2,1-2H3. The van der Waals surface area contributed by atoms with Crippen molar-refractivity contribution < 1.29 is 9.53 Å². The minimum Gasteiger partial charge on any atom is -0.381 e. The number of nitrogens with one attached hydrogen (secondary N) is 1. The minimum absolute atomic E-state index is 0.114. The summed E-state index contributed by atoms with van der Waals surface area (Å²) >= 11 is 3.65. The Hall–Kier alpha value is -1.46. The van der Waals surface area contributed by atoms with Gasteiger partial charge in [0.2, 0.25) is 5.91 Å². The van der Waals surface area contributed by atoms with Gasteiger partial charge in [0, 0.05) is 17.6 Å². The number of amides is 1. The summed E-state index contributed by atoms with van der Waals surface area (Å²) in [5.41, 5.74) is 2.75. The summed E-state index contributed by atoms with van der Waals surface area (Å²) in [4.78, 5) is 16.1. The summed E-state index contributed by atoms with van der Waals surface area (Å²) < 4.78 is 6.68. The second-order valence-electron chi connectivity index (χ2n) is 9.06. The first kappa shape index (κ1) is 18.6. The average molecular weight is 443 g/mol. The Kier molecular flexibility index (Phi) is 4.15. The number of carbonyl (C=O) groups is 1. The molecule has 5 heteroatoms. The Morgan fingerprint density at radius 3 is 2.57 bits per heavy atom. The summed E-state index contributed by atoms with van der Waals surface area (Å²) in [6.45, 7) is 2.08. The van der Waals surface area contributed by atoms with Crippen LogP contribution in [0.4, 0.5) is 0 Å². The number of fused-ring (bicyclic) bond motifs is 3. The topological polar surface area (TPSA) is 53.4 Å². The monoisotopic (exact) mass is 442 g/mol. The van der Waals surface area contributed by atoms with E-state index < -0.39 is 5.41 Å². The molecule has 1 heterocycles. The zero-order valence-corrected chi connectivity index (χ0v) is 18.1. The van der Waals surface area contributed by atoms with Crippen LogP contribution in [0.5, 0.6) is 0 Å². The molecular weight excluding hydrogens is 416 g/mol. The summed E-state index contributed by atoms with van der Waals surface area (Å²) in [6, 6.07) is 6.67. The Morgan fingerprint density at radius 1 is 1.21 bits per heavy atom. The van der Waals surface area contributed by atoms with Crippen molar-refractivity contribution >= 4 is 27.7 Å². The molecule has 2 spiro atoms. The zero-order valence-electron chi connectivity index (χ0n) is 16.6. The van der Waals surface area contributed by atoms with Crippen LogP contribution in [0, 0.1) is 10.8 Å². The van der Waals surface area contributed by atoms with Gasteiger partial charge in [-0.25, -0.2) is 0 Å². The van der Waals surface area contributed by atoms with Crippen molar-refractivity contribution in [1.29, 1.82) is 5.41 Å². The number of amidine groups is 1. The van der Waals surface area contributed by atoms with E-state index in [0.717, 1.165) is 60.6 Å². The Morgan fingerprint density at radius 2 is 1.93 bits per heavy atom. The zero-order chi connectivity index (χ0) is 19.7. The van der Waals surface area contributed by atoms with E-state index in [0.29, 0.717) is 11.9 Å². The van der Waals surface area contributed by atoms with Gasteiger partial charge in [-0.05, 0) is 92.2 Å². The highest BCUT2D eigenvalue weighted by Crippen LogP contribution is 2.64. The lowest BCUT2D eigenvalue weighted by molar-refractivity contribution is -0.139. The second kappa shape index (κ2) is 6.27. The third kappa shape index (κ3) is 2.32. The summed E-state index contributed by atoms with van der Waals surface area (Å²) in [7, 11) is 1.80. The van der Waals surface area contributed by atoms with Crippen molar-refractivity contribution in [2.45, 2.75) is 69.4 Å². The van der Waals surface area contributed by atoms with E-state index >= 15 is 0 Å². The van der Waals surface area contributed by atoms with Crippen LogP contribution < -0.4 is 0 Å². The van der Waals surface area contributed by atoms with Crippen LogP contribution in [-0.4, -0.2) is 35.9 Å². The Labute approximate surface area is 175 Å². The smallest absolute Gasteiger partial charge is 0.243 e. The fraction of sp³-hybridized carbons (Fsp3) is 0.565. The lowest BCUT2D eigenvalue weighted by atomic mass is 9.53. The van der Waals surface area contributed by atoms with E-state index in [1.54, 1.807) is 7.11 Å². The molecule has 2 saturated carbocycles. The highest BCUT2D eigenvalue weighted by molar-refractivity contribution is 9.10. The van der Waals surface area contributed by atoms with Crippen molar-refractivity contribution in [2.24, 2.45) is 5.41 Å². The van der Waals surface area contributed by atoms with Gasteiger partial charge in [0.05, 0.1) is 6.10 Å². The highest BCUT2D eigenvalue weighted by atomic mass is 79.9. The number of carbonyl (C=O) groups excluding carboxylic acids is 1. The second-order valence-corrected chi connectivity index (χ2v) is 9.98. The first-order chi connectivity index (χ1) is 13.4. The fourth-order valence-electron chi connectivity index (χ4n) is 6.28. The molecule has 0 bridgehead atoms. The van der Waals surface area contributed by atoms with Gasteiger partial charge >= 0.3 is 0 Å². The van der Waals surface area contributed by atoms with Crippen molar-refractivity contribution in [3.05, 3.63) is 45.4 Å². The van der Waals surface area contributed by atoms with Crippen LogP contribution in [-0.2, 0) is 21.4 Å². The number of halogens is 1. The van der Waals surface area contributed by atoms with Gasteiger partial charge in [0.1, 0.15) is 11.3 Å². The fourth-order valence-corrected chi connectivity index (χ4v) is 6.64. The first-order valence-corrected chi connectivity index (χ1v) is 11.1. The van der Waals surface area contributed by atoms with E-state index in [1.807, 2.05) is 11.0 Å². The molecule has 0 saturated heterocycles. The SMILES string of the molecule is COC1CCC2(CC1)Cc1ccc(Br)cc1C21C(=O)N(C2CC2)C(=N)C=C1C. The molecule has 0 aromatic heterocycles. The normalized spacial score (nSPS) is 34.9. The van der Waals surface area contributed by atoms with Gasteiger partial charge in [-0.1, -0.05) is 22.0 Å². The van der Waals surface area contributed by atoms with Crippen LogP contribution in [0.3, 0.4) is 0 Å². The Balaban J connectivity index is 1.73. The van der Waals surface area contributed by atoms with Crippen LogP contribution in [0.15, 0.2) is 34.3 Å². The molecular formula is C23H27BrN2O2. The number of methoxy groups -OCH3 is 1. The molecule has 1 aliphatic heterocycles. The molecule has 1 amide bonds. The number of rotatable bonds is 2. The van der Waals surface area contributed by atoms with Gasteiger partial charge in [-0.15, -0.1) is 0 Å². The van der Waals surface area contributed by atoms with Crippen molar-refractivity contribution in [2.75, 3.05) is 7.11 Å². The highest BCUT2D eigenvalue weighted by Gasteiger charge is 2.66. The molecule has 1 aromatic rings. The van der Waals surface area contributed by atoms with E-state index in [-0.39, 0.29) is 17.4 Å². The molecule has 1 N–H and O–H groups in total. The molecule has 4 aliphatic rings. The molecule has 28 heavy (non-hydrogen) atoms. The Bertz CT molecular complexity index is 896. The van der Waals surface area contributed by atoms with Crippen molar-refractivity contribution in [3.63, 3.8) is 0 Å². The summed E-state index contributed by atoms with van der Waals surface area (Å²) in [5.74, 6) is 0.521. The molecule has 4 nitrogen and oxygen atoms in total. The van der Waals surface area contributed by atoms with Crippen LogP contribution in [0.1, 0.15) is 56.6 Å². The number of benzene rings is 1. The van der Waals surface area contributed by atoms with E-state index in [4.69, 9.17) is 10.1 Å². The maximum atomic E-state index is 14.2. The predicted octanol–water partition coefficient (Wildman–Crippen LogP) is 4.75. The van der Waals surface area contributed by atoms with E-state index in [1.165, 1.54) is 5.56 Å². The van der Waals surface area contributed by atoms with Crippen molar-refractivity contribution in [3.8, 4) is 0 Å². The van der Waals surface area contributed by atoms with E-state index in [9.17, 15) is 4.79 Å². The predicted molar refractivity (Wildman–Crippen MR) is 113 cm³/mol. The number of nitrogens with zero attached hydrogens (tertiary/aromatic N) is 1. The lowest BCUT2D eigenvalue weighted by Crippen LogP contribution is -2.61. The largest absolute Gasteiger partial charge is 0.381 e. The molecule has 1 atom stereocenters. The minimum atomic E-state index is -0.641. The summed E-state index contributed by atoms with van der Waals surface area (Å²) in [6.07, 6.45) is 9.20. The third-order valence-electron chi connectivity index (χ3n) is 7.68. The average Bonchev–Trinajstić information content (AvgIpc) is 3.45. The quantitative estimate of drug-likeness (QED) is 0.718. The maximum absolute atomic E-state index is 14.2. The summed E-state index contributed by atoms with van der Waals surface area (Å²) in [5, 5.41) is 8.51. The van der Waals surface area contributed by atoms with Crippen LogP contribution in [0.2, 0.25) is 0 Å².